The van der Waals surface area contributed by atoms with Crippen molar-refractivity contribution in [2.45, 2.75) is 32.1 Å². The maximum absolute atomic E-state index is 6.40. The summed E-state index contributed by atoms with van der Waals surface area (Å²) in [5.41, 5.74) is 3.08. The van der Waals surface area contributed by atoms with E-state index in [0.717, 1.165) is 29.3 Å². The Labute approximate surface area is 130 Å². The predicted octanol–water partition coefficient (Wildman–Crippen LogP) is 4.51. The Balaban J connectivity index is 2.45. The molecule has 1 heterocycles. The molecule has 0 radical (unpaired) electrons. The van der Waals surface area contributed by atoms with Crippen LogP contribution in [0.5, 0.6) is 0 Å². The summed E-state index contributed by atoms with van der Waals surface area (Å²) in [6, 6.07) is 10.4. The topological polar surface area (TPSA) is 17.8 Å². The van der Waals surface area contributed by atoms with Gasteiger partial charge in [-0.15, -0.1) is 11.6 Å². The van der Waals surface area contributed by atoms with Crippen molar-refractivity contribution >= 4 is 23.2 Å². The third kappa shape index (κ3) is 2.72. The third-order valence-corrected chi connectivity index (χ3v) is 5.09. The number of nitrogens with zero attached hydrogens (tertiary/aromatic N) is 2. The van der Waals surface area contributed by atoms with E-state index in [-0.39, 0.29) is 5.41 Å². The highest BCUT2D eigenvalue weighted by Gasteiger charge is 2.32. The highest BCUT2D eigenvalue weighted by atomic mass is 35.5. The highest BCUT2D eigenvalue weighted by molar-refractivity contribution is 6.31. The van der Waals surface area contributed by atoms with Gasteiger partial charge in [0.05, 0.1) is 16.4 Å². The number of benzene rings is 1. The summed E-state index contributed by atoms with van der Waals surface area (Å²) in [5, 5.41) is 5.15. The normalized spacial score (nSPS) is 14.2. The summed E-state index contributed by atoms with van der Waals surface area (Å²) in [5.74, 6) is 0.564. The van der Waals surface area contributed by atoms with Gasteiger partial charge in [0.15, 0.2) is 0 Å². The molecule has 0 bridgehead atoms. The van der Waals surface area contributed by atoms with Crippen molar-refractivity contribution in [1.29, 1.82) is 0 Å². The first-order valence-electron chi connectivity index (χ1n) is 6.83. The molecule has 0 aliphatic rings. The monoisotopic (exact) mass is 310 g/mol. The summed E-state index contributed by atoms with van der Waals surface area (Å²) in [6.07, 6.45) is 1.76. The van der Waals surface area contributed by atoms with Gasteiger partial charge < -0.3 is 0 Å². The summed E-state index contributed by atoms with van der Waals surface area (Å²) >= 11 is 12.7. The van der Waals surface area contributed by atoms with Gasteiger partial charge >= 0.3 is 0 Å². The van der Waals surface area contributed by atoms with Gasteiger partial charge in [0.2, 0.25) is 0 Å². The Hall–Kier alpha value is -0.990. The van der Waals surface area contributed by atoms with Crippen LogP contribution in [0.25, 0.3) is 0 Å². The number of aryl methyl sites for hydroxylation is 2. The second kappa shape index (κ2) is 6.19. The summed E-state index contributed by atoms with van der Waals surface area (Å²) in [6.45, 7) is 4.11. The van der Waals surface area contributed by atoms with Crippen molar-refractivity contribution in [3.8, 4) is 0 Å². The van der Waals surface area contributed by atoms with Crippen molar-refractivity contribution in [3.63, 3.8) is 0 Å². The summed E-state index contributed by atoms with van der Waals surface area (Å²) in [7, 11) is 1.94. The first kappa shape index (κ1) is 15.4. The SMILES string of the molecule is CCC(CCl)(Cc1c(Cl)c(C)nn1C)c1ccccc1. The van der Waals surface area contributed by atoms with E-state index in [1.807, 2.05) is 24.7 Å². The summed E-state index contributed by atoms with van der Waals surface area (Å²) < 4.78 is 1.87. The molecular formula is C16H20Cl2N2. The molecule has 0 saturated carbocycles. The first-order chi connectivity index (χ1) is 9.54. The average Bonchev–Trinajstić information content (AvgIpc) is 2.71. The van der Waals surface area contributed by atoms with Crippen LogP contribution in [0, 0.1) is 6.92 Å². The molecule has 20 heavy (non-hydrogen) atoms. The molecule has 2 aromatic rings. The first-order valence-corrected chi connectivity index (χ1v) is 7.75. The van der Waals surface area contributed by atoms with Crippen LogP contribution in [0.15, 0.2) is 30.3 Å². The zero-order chi connectivity index (χ0) is 14.8. The number of hydrogen-bond donors (Lipinski definition) is 0. The fraction of sp³-hybridized carbons (Fsp3) is 0.438. The van der Waals surface area contributed by atoms with Crippen LogP contribution in [0.3, 0.4) is 0 Å². The van der Waals surface area contributed by atoms with Crippen LogP contribution in [-0.2, 0) is 18.9 Å². The van der Waals surface area contributed by atoms with E-state index in [1.165, 1.54) is 5.56 Å². The van der Waals surface area contributed by atoms with Gasteiger partial charge in [-0.2, -0.15) is 5.10 Å². The zero-order valence-electron chi connectivity index (χ0n) is 12.2. The Kier molecular flexibility index (Phi) is 4.77. The van der Waals surface area contributed by atoms with Gasteiger partial charge in [0.1, 0.15) is 0 Å². The van der Waals surface area contributed by atoms with Crippen LogP contribution in [0.2, 0.25) is 5.02 Å². The van der Waals surface area contributed by atoms with E-state index in [1.54, 1.807) is 0 Å². The van der Waals surface area contributed by atoms with Crippen molar-refractivity contribution in [2.75, 3.05) is 5.88 Å². The molecule has 0 amide bonds. The van der Waals surface area contributed by atoms with E-state index >= 15 is 0 Å². The van der Waals surface area contributed by atoms with Gasteiger partial charge in [-0.1, -0.05) is 48.9 Å². The lowest BCUT2D eigenvalue weighted by atomic mass is 9.76. The van der Waals surface area contributed by atoms with Crippen molar-refractivity contribution in [1.82, 2.24) is 9.78 Å². The van der Waals surface area contributed by atoms with Gasteiger partial charge in [0.25, 0.3) is 0 Å². The van der Waals surface area contributed by atoms with Gasteiger partial charge in [-0.05, 0) is 18.9 Å². The van der Waals surface area contributed by atoms with Crippen LogP contribution in [0.1, 0.15) is 30.3 Å². The number of alkyl halides is 1. The minimum absolute atomic E-state index is 0.104. The second-order valence-electron chi connectivity index (χ2n) is 5.28. The molecule has 1 unspecified atom stereocenters. The number of hydrogen-bond acceptors (Lipinski definition) is 1. The molecule has 1 atom stereocenters. The summed E-state index contributed by atoms with van der Waals surface area (Å²) in [4.78, 5) is 0. The Morgan fingerprint density at radius 1 is 1.25 bits per heavy atom. The van der Waals surface area contributed by atoms with E-state index in [0.29, 0.717) is 5.88 Å². The Morgan fingerprint density at radius 2 is 1.90 bits per heavy atom. The number of halogens is 2. The third-order valence-electron chi connectivity index (χ3n) is 4.09. The molecule has 1 aromatic carbocycles. The fourth-order valence-corrected chi connectivity index (χ4v) is 3.30. The number of rotatable bonds is 5. The predicted molar refractivity (Wildman–Crippen MR) is 85.8 cm³/mol. The molecule has 1 aromatic heterocycles. The van der Waals surface area contributed by atoms with E-state index in [9.17, 15) is 0 Å². The van der Waals surface area contributed by atoms with Gasteiger partial charge in [0, 0.05) is 24.8 Å². The van der Waals surface area contributed by atoms with Crippen LogP contribution >= 0.6 is 23.2 Å². The van der Waals surface area contributed by atoms with E-state index in [2.05, 4.69) is 36.3 Å². The largest absolute Gasteiger partial charge is 0.271 e. The van der Waals surface area contributed by atoms with Gasteiger partial charge in [-0.25, -0.2) is 0 Å². The van der Waals surface area contributed by atoms with E-state index < -0.39 is 0 Å². The molecule has 0 saturated heterocycles. The van der Waals surface area contributed by atoms with Crippen molar-refractivity contribution in [2.24, 2.45) is 7.05 Å². The Bertz CT molecular complexity index is 572. The van der Waals surface area contributed by atoms with E-state index in [4.69, 9.17) is 23.2 Å². The maximum atomic E-state index is 6.40. The van der Waals surface area contributed by atoms with Crippen molar-refractivity contribution in [3.05, 3.63) is 52.3 Å². The zero-order valence-corrected chi connectivity index (χ0v) is 13.7. The Morgan fingerprint density at radius 3 is 2.35 bits per heavy atom. The maximum Gasteiger partial charge on any atom is 0.0847 e. The van der Waals surface area contributed by atoms with Crippen molar-refractivity contribution < 1.29 is 0 Å². The quantitative estimate of drug-likeness (QED) is 0.743. The molecule has 4 heteroatoms. The van der Waals surface area contributed by atoms with Crippen LogP contribution in [-0.4, -0.2) is 15.7 Å². The molecule has 0 fully saturated rings. The lowest BCUT2D eigenvalue weighted by Gasteiger charge is -2.31. The smallest absolute Gasteiger partial charge is 0.0847 e. The molecule has 0 spiro atoms. The molecule has 0 N–H and O–H groups in total. The lowest BCUT2D eigenvalue weighted by Crippen LogP contribution is -2.31. The molecule has 2 nitrogen and oxygen atoms in total. The second-order valence-corrected chi connectivity index (χ2v) is 5.93. The minimum atomic E-state index is -0.104. The molecule has 108 valence electrons. The standard InChI is InChI=1S/C16H20Cl2N2/c1-4-16(11-17,13-8-6-5-7-9-13)10-14-15(18)12(2)19-20(14)3/h5-9H,4,10-11H2,1-3H3. The molecule has 2 rings (SSSR count). The number of aromatic nitrogens is 2. The van der Waals surface area contributed by atoms with Gasteiger partial charge in [-0.3, -0.25) is 4.68 Å². The molecule has 0 aliphatic carbocycles. The fourth-order valence-electron chi connectivity index (χ4n) is 2.63. The average molecular weight is 311 g/mol. The molecule has 0 aliphatic heterocycles. The minimum Gasteiger partial charge on any atom is -0.271 e. The molecular weight excluding hydrogens is 291 g/mol. The van der Waals surface area contributed by atoms with Crippen LogP contribution in [0.4, 0.5) is 0 Å². The lowest BCUT2D eigenvalue weighted by molar-refractivity contribution is 0.443. The van der Waals surface area contributed by atoms with Crippen LogP contribution < -0.4 is 0 Å². The highest BCUT2D eigenvalue weighted by Crippen LogP contribution is 2.35.